The van der Waals surface area contributed by atoms with E-state index in [2.05, 4.69) is 0 Å². The van der Waals surface area contributed by atoms with Crippen LogP contribution in [-0.2, 0) is 9.09 Å². The summed E-state index contributed by atoms with van der Waals surface area (Å²) < 4.78 is 23.9. The van der Waals surface area contributed by atoms with Crippen molar-refractivity contribution in [3.8, 4) is 16.9 Å². The molecule has 1 unspecified atom stereocenters. The number of hydrogen-bond donors (Lipinski definition) is 0. The molecule has 2 aromatic rings. The van der Waals surface area contributed by atoms with Gasteiger partial charge in [0, 0.05) is 17.0 Å². The number of hydrogen-bond acceptors (Lipinski definition) is 3. The first-order chi connectivity index (χ1) is 9.24. The van der Waals surface area contributed by atoms with Crippen LogP contribution < -0.4 is 9.83 Å². The molecule has 0 saturated carbocycles. The minimum absolute atomic E-state index is 0.190. The molecule has 0 N–H and O–H groups in total. The van der Waals surface area contributed by atoms with Crippen LogP contribution in [-0.4, -0.2) is 12.5 Å². The van der Waals surface area contributed by atoms with Gasteiger partial charge in [-0.1, -0.05) is 36.4 Å². The molecule has 19 heavy (non-hydrogen) atoms. The Morgan fingerprint density at radius 2 is 1.74 bits per heavy atom. The van der Waals surface area contributed by atoms with Crippen LogP contribution >= 0.6 is 19.2 Å². The minimum Gasteiger partial charge on any atom is -0.421 e. The summed E-state index contributed by atoms with van der Waals surface area (Å²) in [5.74, 6) is 0.857. The highest BCUT2D eigenvalue weighted by atomic mass is 35.5. The number of halogens is 1. The molecule has 2 aromatic carbocycles. The largest absolute Gasteiger partial charge is 0.421 e. The minimum atomic E-state index is -3.34. The molecule has 1 heterocycles. The van der Waals surface area contributed by atoms with Crippen molar-refractivity contribution in [3.05, 3.63) is 48.5 Å². The fraction of sp³-hybridized carbons (Fsp3) is 0.143. The zero-order valence-corrected chi connectivity index (χ0v) is 11.7. The number of fused-ring (bicyclic) bond motifs is 3. The Hall–Kier alpha value is -1.28. The third-order valence-electron chi connectivity index (χ3n) is 2.93. The van der Waals surface area contributed by atoms with Gasteiger partial charge in [-0.05, 0) is 12.1 Å². The van der Waals surface area contributed by atoms with Crippen molar-refractivity contribution in [3.63, 3.8) is 0 Å². The van der Waals surface area contributed by atoms with Crippen LogP contribution in [0.4, 0.5) is 0 Å². The van der Waals surface area contributed by atoms with Crippen LogP contribution in [0.2, 0.25) is 0 Å². The lowest BCUT2D eigenvalue weighted by atomic mass is 10.0. The van der Waals surface area contributed by atoms with Gasteiger partial charge in [0.2, 0.25) is 0 Å². The molecular formula is C14H12ClO3P. The molecule has 1 aliphatic heterocycles. The lowest BCUT2D eigenvalue weighted by Gasteiger charge is -2.27. The quantitative estimate of drug-likeness (QED) is 0.638. The first-order valence-electron chi connectivity index (χ1n) is 5.94. The van der Waals surface area contributed by atoms with Gasteiger partial charge in [-0.2, -0.15) is 0 Å². The number of para-hydroxylation sites is 1. The summed E-state index contributed by atoms with van der Waals surface area (Å²) in [7, 11) is -3.34. The van der Waals surface area contributed by atoms with E-state index in [4.69, 9.17) is 20.6 Å². The van der Waals surface area contributed by atoms with Gasteiger partial charge in [0.15, 0.2) is 0 Å². The SMILES string of the molecule is O=P1(OCCCl)Oc2ccccc2-c2ccccc21. The fourth-order valence-electron chi connectivity index (χ4n) is 2.14. The summed E-state index contributed by atoms with van der Waals surface area (Å²) in [4.78, 5) is 0. The molecule has 5 heteroatoms. The average molecular weight is 295 g/mol. The third kappa shape index (κ3) is 2.18. The molecule has 0 saturated heterocycles. The number of rotatable bonds is 3. The molecule has 3 nitrogen and oxygen atoms in total. The van der Waals surface area contributed by atoms with Gasteiger partial charge in [0.1, 0.15) is 5.75 Å². The van der Waals surface area contributed by atoms with E-state index in [9.17, 15) is 4.57 Å². The predicted molar refractivity (Wildman–Crippen MR) is 76.4 cm³/mol. The second-order valence-electron chi connectivity index (χ2n) is 4.12. The number of alkyl halides is 1. The van der Waals surface area contributed by atoms with Crippen molar-refractivity contribution in [1.82, 2.24) is 0 Å². The van der Waals surface area contributed by atoms with Gasteiger partial charge in [-0.15, -0.1) is 11.6 Å². The van der Waals surface area contributed by atoms with Crippen LogP contribution in [0.3, 0.4) is 0 Å². The first kappa shape index (κ1) is 12.7. The van der Waals surface area contributed by atoms with Crippen LogP contribution in [0.5, 0.6) is 5.75 Å². The van der Waals surface area contributed by atoms with E-state index >= 15 is 0 Å². The first-order valence-corrected chi connectivity index (χ1v) is 8.01. The van der Waals surface area contributed by atoms with Gasteiger partial charge in [-0.25, -0.2) is 4.57 Å². The maximum absolute atomic E-state index is 12.9. The van der Waals surface area contributed by atoms with Crippen molar-refractivity contribution < 1.29 is 13.6 Å². The maximum Gasteiger partial charge on any atom is 0.411 e. The monoisotopic (exact) mass is 294 g/mol. The Balaban J connectivity index is 2.17. The molecule has 0 amide bonds. The Labute approximate surface area is 116 Å². The summed E-state index contributed by atoms with van der Waals surface area (Å²) in [5.41, 5.74) is 1.82. The van der Waals surface area contributed by atoms with Crippen molar-refractivity contribution in [1.29, 1.82) is 0 Å². The molecule has 1 atom stereocenters. The van der Waals surface area contributed by atoms with Gasteiger partial charge < -0.3 is 4.52 Å². The Bertz CT molecular complexity index is 657. The van der Waals surface area contributed by atoms with Crippen molar-refractivity contribution in [2.45, 2.75) is 0 Å². The maximum atomic E-state index is 12.9. The van der Waals surface area contributed by atoms with Gasteiger partial charge in [0.25, 0.3) is 0 Å². The summed E-state index contributed by atoms with van der Waals surface area (Å²) in [6, 6.07) is 14.9. The Morgan fingerprint density at radius 3 is 2.53 bits per heavy atom. The standard InChI is InChI=1S/C14H12ClO3P/c15-9-10-17-19(16)14-8-4-2-6-12(14)11-5-1-3-7-13(11)18-19/h1-8H,9-10H2. The van der Waals surface area contributed by atoms with E-state index in [1.54, 1.807) is 12.1 Å². The summed E-state index contributed by atoms with van der Waals surface area (Å²) in [6.45, 7) is 0.190. The normalized spacial score (nSPS) is 20.3. The smallest absolute Gasteiger partial charge is 0.411 e. The summed E-state index contributed by atoms with van der Waals surface area (Å²) >= 11 is 5.61. The van der Waals surface area contributed by atoms with E-state index in [-0.39, 0.29) is 12.5 Å². The lowest BCUT2D eigenvalue weighted by Crippen LogP contribution is -2.19. The van der Waals surface area contributed by atoms with E-state index in [1.807, 2.05) is 36.4 Å². The Kier molecular flexibility index (Phi) is 3.36. The second kappa shape index (κ2) is 5.01. The van der Waals surface area contributed by atoms with Crippen molar-refractivity contribution in [2.24, 2.45) is 0 Å². The van der Waals surface area contributed by atoms with Gasteiger partial charge in [-0.3, -0.25) is 4.52 Å². The molecule has 0 aliphatic carbocycles. The van der Waals surface area contributed by atoms with E-state index in [0.29, 0.717) is 11.1 Å². The highest BCUT2D eigenvalue weighted by Crippen LogP contribution is 2.55. The molecule has 0 bridgehead atoms. The van der Waals surface area contributed by atoms with Crippen LogP contribution in [0.15, 0.2) is 48.5 Å². The molecule has 0 spiro atoms. The van der Waals surface area contributed by atoms with E-state index < -0.39 is 7.60 Å². The highest BCUT2D eigenvalue weighted by Gasteiger charge is 2.37. The van der Waals surface area contributed by atoms with E-state index in [0.717, 1.165) is 11.1 Å². The molecular weight excluding hydrogens is 283 g/mol. The molecule has 0 fully saturated rings. The van der Waals surface area contributed by atoms with Crippen LogP contribution in [0.25, 0.3) is 11.1 Å². The van der Waals surface area contributed by atoms with Crippen LogP contribution in [0.1, 0.15) is 0 Å². The highest BCUT2D eigenvalue weighted by molar-refractivity contribution is 7.63. The van der Waals surface area contributed by atoms with Crippen LogP contribution in [0, 0.1) is 0 Å². The van der Waals surface area contributed by atoms with Crippen molar-refractivity contribution >= 4 is 24.5 Å². The molecule has 98 valence electrons. The molecule has 3 rings (SSSR count). The fourth-order valence-corrected chi connectivity index (χ4v) is 4.12. The lowest BCUT2D eigenvalue weighted by molar-refractivity contribution is 0.290. The summed E-state index contributed by atoms with van der Waals surface area (Å²) in [5, 5.41) is 0.596. The molecule has 0 radical (unpaired) electrons. The second-order valence-corrected chi connectivity index (χ2v) is 6.42. The average Bonchev–Trinajstić information content (AvgIpc) is 2.46. The third-order valence-corrected chi connectivity index (χ3v) is 5.03. The van der Waals surface area contributed by atoms with Crippen molar-refractivity contribution in [2.75, 3.05) is 12.5 Å². The molecule has 0 aromatic heterocycles. The zero-order valence-electron chi connectivity index (χ0n) is 10.1. The predicted octanol–water partition coefficient (Wildman–Crippen LogP) is 3.82. The topological polar surface area (TPSA) is 35.5 Å². The zero-order chi connectivity index (χ0) is 13.3. The number of benzene rings is 2. The van der Waals surface area contributed by atoms with E-state index in [1.165, 1.54) is 0 Å². The Morgan fingerprint density at radius 1 is 1.05 bits per heavy atom. The van der Waals surface area contributed by atoms with Gasteiger partial charge in [0.05, 0.1) is 11.9 Å². The summed E-state index contributed by atoms with van der Waals surface area (Å²) in [6.07, 6.45) is 0. The van der Waals surface area contributed by atoms with Gasteiger partial charge >= 0.3 is 7.60 Å². The molecule has 1 aliphatic rings.